The second-order valence-electron chi connectivity index (χ2n) is 8.54. The second-order valence-corrected chi connectivity index (χ2v) is 8.98. The van der Waals surface area contributed by atoms with E-state index in [1.807, 2.05) is 19.3 Å². The second kappa shape index (κ2) is 7.92. The third-order valence-electron chi connectivity index (χ3n) is 6.17. The van der Waals surface area contributed by atoms with Crippen molar-refractivity contribution in [1.29, 1.82) is 0 Å². The first-order valence-electron chi connectivity index (χ1n) is 9.78. The minimum atomic E-state index is -0.627. The van der Waals surface area contributed by atoms with Gasteiger partial charge in [0.25, 0.3) is 0 Å². The fraction of sp³-hybridized carbons (Fsp3) is 0.636. The average molecular weight is 378 g/mol. The SMILES string of the molecule is CO[C@H]1C(C(C)C)C=C(/C=C2/C(O)NC3=CC(Cl)=CCC32)CC1C(C)C. The topological polar surface area (TPSA) is 41.5 Å². The van der Waals surface area contributed by atoms with E-state index >= 15 is 0 Å². The van der Waals surface area contributed by atoms with Crippen molar-refractivity contribution in [2.75, 3.05) is 7.11 Å². The van der Waals surface area contributed by atoms with Gasteiger partial charge >= 0.3 is 0 Å². The zero-order valence-electron chi connectivity index (χ0n) is 16.5. The van der Waals surface area contributed by atoms with Crippen LogP contribution in [0.5, 0.6) is 0 Å². The Kier molecular flexibility index (Phi) is 6.01. The number of nitrogens with one attached hydrogen (secondary N) is 1. The van der Waals surface area contributed by atoms with Crippen LogP contribution >= 0.6 is 11.6 Å². The van der Waals surface area contributed by atoms with E-state index in [9.17, 15) is 5.11 Å². The minimum absolute atomic E-state index is 0.212. The third-order valence-corrected chi connectivity index (χ3v) is 6.43. The van der Waals surface area contributed by atoms with E-state index in [0.29, 0.717) is 23.7 Å². The summed E-state index contributed by atoms with van der Waals surface area (Å²) in [6, 6.07) is 0. The van der Waals surface area contributed by atoms with Gasteiger partial charge in [0.15, 0.2) is 0 Å². The third kappa shape index (κ3) is 3.81. The number of ether oxygens (including phenoxy) is 1. The van der Waals surface area contributed by atoms with E-state index in [2.05, 4.69) is 45.2 Å². The van der Waals surface area contributed by atoms with Crippen molar-refractivity contribution in [3.05, 3.63) is 46.2 Å². The first kappa shape index (κ1) is 19.7. The molecule has 2 aliphatic carbocycles. The molecular formula is C22H32ClNO2. The molecule has 1 fully saturated rings. The van der Waals surface area contributed by atoms with E-state index in [1.54, 1.807) is 0 Å². The maximum Gasteiger partial charge on any atom is 0.147 e. The number of rotatable bonds is 4. The molecule has 0 aromatic rings. The van der Waals surface area contributed by atoms with Crippen molar-refractivity contribution in [2.45, 2.75) is 52.9 Å². The average Bonchev–Trinajstić information content (AvgIpc) is 2.88. The molecule has 2 N–H and O–H groups in total. The number of aliphatic hydroxyl groups is 1. The maximum absolute atomic E-state index is 10.5. The molecular weight excluding hydrogens is 346 g/mol. The predicted octanol–water partition coefficient (Wildman–Crippen LogP) is 4.75. The monoisotopic (exact) mass is 377 g/mol. The molecule has 0 bridgehead atoms. The number of halogens is 1. The summed E-state index contributed by atoms with van der Waals surface area (Å²) in [7, 11) is 1.84. The van der Waals surface area contributed by atoms with Gasteiger partial charge in [-0.2, -0.15) is 0 Å². The van der Waals surface area contributed by atoms with Crippen molar-refractivity contribution in [3.63, 3.8) is 0 Å². The highest BCUT2D eigenvalue weighted by atomic mass is 35.5. The summed E-state index contributed by atoms with van der Waals surface area (Å²) < 4.78 is 5.92. The minimum Gasteiger partial charge on any atom is -0.381 e. The summed E-state index contributed by atoms with van der Waals surface area (Å²) in [6.45, 7) is 9.10. The van der Waals surface area contributed by atoms with Gasteiger partial charge in [0.2, 0.25) is 0 Å². The summed E-state index contributed by atoms with van der Waals surface area (Å²) >= 11 is 6.13. The lowest BCUT2D eigenvalue weighted by atomic mass is 9.70. The summed E-state index contributed by atoms with van der Waals surface area (Å²) in [5, 5.41) is 14.5. The molecule has 0 aromatic carbocycles. The van der Waals surface area contributed by atoms with Crippen LogP contribution in [0.3, 0.4) is 0 Å². The van der Waals surface area contributed by atoms with Gasteiger partial charge in [-0.1, -0.05) is 63.1 Å². The Morgan fingerprint density at radius 2 is 2.00 bits per heavy atom. The highest BCUT2D eigenvalue weighted by Gasteiger charge is 2.38. The van der Waals surface area contributed by atoms with Crippen molar-refractivity contribution in [3.8, 4) is 0 Å². The lowest BCUT2D eigenvalue weighted by Crippen LogP contribution is -2.39. The van der Waals surface area contributed by atoms with Crippen LogP contribution in [0.25, 0.3) is 0 Å². The van der Waals surface area contributed by atoms with Crippen LogP contribution in [0, 0.1) is 29.6 Å². The van der Waals surface area contributed by atoms with Gasteiger partial charge in [-0.25, -0.2) is 0 Å². The smallest absolute Gasteiger partial charge is 0.147 e. The molecule has 26 heavy (non-hydrogen) atoms. The van der Waals surface area contributed by atoms with E-state index in [1.165, 1.54) is 5.57 Å². The number of methoxy groups -OCH3 is 1. The molecule has 144 valence electrons. The number of hydrogen-bond acceptors (Lipinski definition) is 3. The largest absolute Gasteiger partial charge is 0.381 e. The Morgan fingerprint density at radius 1 is 1.27 bits per heavy atom. The van der Waals surface area contributed by atoms with E-state index in [4.69, 9.17) is 16.3 Å². The Morgan fingerprint density at radius 3 is 2.62 bits per heavy atom. The standard InChI is InChI=1S/C22H32ClNO2/c1-12(2)17-8-14(9-18(13(3)4)21(17)26-5)10-19-16-7-6-15(23)11-20(16)24-22(19)25/h6,8,10-13,16-18,21-22,24-25H,7,9H2,1-5H3/b19-10+/t16?,17?,18?,21-,22?/m0/s1. The van der Waals surface area contributed by atoms with Gasteiger partial charge in [0.1, 0.15) is 6.23 Å². The molecule has 1 heterocycles. The van der Waals surface area contributed by atoms with Crippen molar-refractivity contribution < 1.29 is 9.84 Å². The number of aliphatic hydroxyl groups excluding tert-OH is 1. The Bertz CT molecular complexity index is 659. The molecule has 3 rings (SSSR count). The fourth-order valence-electron chi connectivity index (χ4n) is 4.66. The number of fused-ring (bicyclic) bond motifs is 1. The summed E-state index contributed by atoms with van der Waals surface area (Å²) in [4.78, 5) is 0. The van der Waals surface area contributed by atoms with Gasteiger partial charge in [-0.05, 0) is 42.2 Å². The molecule has 3 aliphatic rings. The quantitative estimate of drug-likeness (QED) is 0.742. The molecule has 0 aromatic heterocycles. The first-order chi connectivity index (χ1) is 12.3. The summed E-state index contributed by atoms with van der Waals surface area (Å²) in [5.41, 5.74) is 3.42. The van der Waals surface area contributed by atoms with Gasteiger partial charge < -0.3 is 15.2 Å². The van der Waals surface area contributed by atoms with E-state index in [0.717, 1.165) is 29.1 Å². The summed E-state index contributed by atoms with van der Waals surface area (Å²) in [6.07, 6.45) is 10.1. The van der Waals surface area contributed by atoms with Crippen LogP contribution in [-0.2, 0) is 4.74 Å². The maximum atomic E-state index is 10.5. The fourth-order valence-corrected chi connectivity index (χ4v) is 4.87. The lowest BCUT2D eigenvalue weighted by Gasteiger charge is -2.40. The van der Waals surface area contributed by atoms with Gasteiger partial charge in [-0.15, -0.1) is 0 Å². The highest BCUT2D eigenvalue weighted by Crippen LogP contribution is 2.42. The zero-order chi connectivity index (χ0) is 19.0. The summed E-state index contributed by atoms with van der Waals surface area (Å²) in [5.74, 6) is 2.18. The zero-order valence-corrected chi connectivity index (χ0v) is 17.3. The molecule has 0 spiro atoms. The van der Waals surface area contributed by atoms with Gasteiger partial charge in [0, 0.05) is 29.7 Å². The molecule has 1 saturated heterocycles. The Balaban J connectivity index is 1.92. The normalized spacial score (nSPS) is 36.0. The van der Waals surface area contributed by atoms with Crippen molar-refractivity contribution >= 4 is 11.6 Å². The van der Waals surface area contributed by atoms with Crippen LogP contribution in [0.4, 0.5) is 0 Å². The molecule has 0 radical (unpaired) electrons. The molecule has 5 atom stereocenters. The van der Waals surface area contributed by atoms with Gasteiger partial charge in [-0.3, -0.25) is 0 Å². The number of hydrogen-bond donors (Lipinski definition) is 2. The molecule has 0 amide bonds. The molecule has 4 unspecified atom stereocenters. The lowest BCUT2D eigenvalue weighted by molar-refractivity contribution is -0.0147. The van der Waals surface area contributed by atoms with Crippen molar-refractivity contribution in [2.24, 2.45) is 29.6 Å². The van der Waals surface area contributed by atoms with Crippen LogP contribution in [-0.4, -0.2) is 24.5 Å². The Hall–Kier alpha value is -1.03. The van der Waals surface area contributed by atoms with Crippen molar-refractivity contribution in [1.82, 2.24) is 5.32 Å². The number of allylic oxidation sites excluding steroid dienone is 6. The van der Waals surface area contributed by atoms with E-state index < -0.39 is 6.23 Å². The van der Waals surface area contributed by atoms with Crippen LogP contribution in [0.2, 0.25) is 0 Å². The predicted molar refractivity (Wildman–Crippen MR) is 108 cm³/mol. The van der Waals surface area contributed by atoms with Gasteiger partial charge in [0.05, 0.1) is 6.10 Å². The highest BCUT2D eigenvalue weighted by molar-refractivity contribution is 6.31. The van der Waals surface area contributed by atoms with Crippen LogP contribution < -0.4 is 5.32 Å². The van der Waals surface area contributed by atoms with Crippen LogP contribution in [0.1, 0.15) is 40.5 Å². The molecule has 4 heteroatoms. The van der Waals surface area contributed by atoms with Crippen LogP contribution in [0.15, 0.2) is 46.2 Å². The molecule has 1 aliphatic heterocycles. The van der Waals surface area contributed by atoms with E-state index in [-0.39, 0.29) is 12.0 Å². The molecule has 0 saturated carbocycles. The first-order valence-corrected chi connectivity index (χ1v) is 10.2. The Labute approximate surface area is 162 Å². The molecule has 3 nitrogen and oxygen atoms in total.